The highest BCUT2D eigenvalue weighted by Gasteiger charge is 2.17. The van der Waals surface area contributed by atoms with Gasteiger partial charge in [-0.05, 0) is 67.6 Å². The van der Waals surface area contributed by atoms with E-state index in [1.165, 1.54) is 12.1 Å². The van der Waals surface area contributed by atoms with E-state index < -0.39 is 10.0 Å². The summed E-state index contributed by atoms with van der Waals surface area (Å²) < 4.78 is 27.9. The maximum absolute atomic E-state index is 12.7. The molecule has 140 valence electrons. The number of hydrogen-bond donors (Lipinski definition) is 2. The Kier molecular flexibility index (Phi) is 6.42. The van der Waals surface area contributed by atoms with Crippen LogP contribution in [0.25, 0.3) is 0 Å². The summed E-state index contributed by atoms with van der Waals surface area (Å²) in [6.45, 7) is 8.55. The number of aryl methyl sites for hydroxylation is 2. The third-order valence-corrected chi connectivity index (χ3v) is 5.27. The van der Waals surface area contributed by atoms with E-state index in [9.17, 15) is 13.2 Å². The molecule has 0 aromatic heterocycles. The van der Waals surface area contributed by atoms with Crippen molar-refractivity contribution in [2.24, 2.45) is 5.92 Å². The van der Waals surface area contributed by atoms with E-state index in [1.807, 2.05) is 19.9 Å². The minimum absolute atomic E-state index is 0.0631. The van der Waals surface area contributed by atoms with Gasteiger partial charge in [-0.2, -0.15) is 0 Å². The van der Waals surface area contributed by atoms with Crippen LogP contribution in [0.15, 0.2) is 47.4 Å². The lowest BCUT2D eigenvalue weighted by atomic mass is 10.1. The fraction of sp³-hybridized carbons (Fsp3) is 0.350. The second-order valence-electron chi connectivity index (χ2n) is 6.95. The summed E-state index contributed by atoms with van der Waals surface area (Å²) in [4.78, 5) is 12.3. The van der Waals surface area contributed by atoms with Crippen molar-refractivity contribution in [1.82, 2.24) is 5.32 Å². The van der Waals surface area contributed by atoms with Gasteiger partial charge in [0, 0.05) is 17.8 Å². The van der Waals surface area contributed by atoms with Crippen LogP contribution in [0.5, 0.6) is 0 Å². The largest absolute Gasteiger partial charge is 0.352 e. The Morgan fingerprint density at radius 2 is 1.69 bits per heavy atom. The zero-order valence-corrected chi connectivity index (χ0v) is 16.5. The molecule has 0 aliphatic heterocycles. The summed E-state index contributed by atoms with van der Waals surface area (Å²) in [6.07, 6.45) is 0.873. The minimum Gasteiger partial charge on any atom is -0.352 e. The van der Waals surface area contributed by atoms with E-state index in [-0.39, 0.29) is 10.8 Å². The van der Waals surface area contributed by atoms with Crippen LogP contribution in [-0.2, 0) is 10.0 Å². The molecule has 2 aromatic rings. The van der Waals surface area contributed by atoms with Crippen molar-refractivity contribution in [3.05, 3.63) is 59.2 Å². The van der Waals surface area contributed by atoms with E-state index in [4.69, 9.17) is 0 Å². The first-order valence-electron chi connectivity index (χ1n) is 8.67. The average Bonchev–Trinajstić information content (AvgIpc) is 2.53. The van der Waals surface area contributed by atoms with Crippen molar-refractivity contribution < 1.29 is 13.2 Å². The molecule has 0 fully saturated rings. The highest BCUT2D eigenvalue weighted by Crippen LogP contribution is 2.19. The number of hydrogen-bond acceptors (Lipinski definition) is 3. The quantitative estimate of drug-likeness (QED) is 0.772. The number of carbonyl (C=O) groups is 1. The van der Waals surface area contributed by atoms with E-state index in [2.05, 4.69) is 23.9 Å². The first kappa shape index (κ1) is 20.0. The van der Waals surface area contributed by atoms with Crippen molar-refractivity contribution >= 4 is 21.6 Å². The summed E-state index contributed by atoms with van der Waals surface area (Å²) in [6, 6.07) is 11.6. The molecule has 0 aliphatic rings. The third kappa shape index (κ3) is 5.59. The molecule has 0 radical (unpaired) electrons. The number of nitrogens with one attached hydrogen (secondary N) is 2. The van der Waals surface area contributed by atoms with Crippen molar-refractivity contribution in [3.63, 3.8) is 0 Å². The van der Waals surface area contributed by atoms with Crippen molar-refractivity contribution in [2.75, 3.05) is 11.3 Å². The monoisotopic (exact) mass is 374 g/mol. The second kappa shape index (κ2) is 8.36. The van der Waals surface area contributed by atoms with Gasteiger partial charge in [0.2, 0.25) is 0 Å². The highest BCUT2D eigenvalue weighted by molar-refractivity contribution is 7.92. The fourth-order valence-electron chi connectivity index (χ4n) is 2.63. The number of carbonyl (C=O) groups excluding carboxylic acids is 1. The van der Waals surface area contributed by atoms with Crippen LogP contribution in [0.4, 0.5) is 5.69 Å². The Balaban J connectivity index is 2.18. The van der Waals surface area contributed by atoms with E-state index in [0.29, 0.717) is 23.7 Å². The van der Waals surface area contributed by atoms with Crippen molar-refractivity contribution in [3.8, 4) is 0 Å². The van der Waals surface area contributed by atoms with Gasteiger partial charge in [0.05, 0.1) is 4.90 Å². The van der Waals surface area contributed by atoms with Gasteiger partial charge in [0.25, 0.3) is 15.9 Å². The molecule has 0 aliphatic carbocycles. The van der Waals surface area contributed by atoms with Gasteiger partial charge in [-0.15, -0.1) is 0 Å². The van der Waals surface area contributed by atoms with Gasteiger partial charge >= 0.3 is 0 Å². The summed E-state index contributed by atoms with van der Waals surface area (Å²) in [7, 11) is -3.77. The van der Waals surface area contributed by atoms with Crippen LogP contribution in [0.1, 0.15) is 41.8 Å². The predicted molar refractivity (Wildman–Crippen MR) is 105 cm³/mol. The molecule has 26 heavy (non-hydrogen) atoms. The molecule has 1 amide bonds. The molecular formula is C20H26N2O3S. The third-order valence-electron chi connectivity index (χ3n) is 3.89. The molecule has 0 unspecified atom stereocenters. The molecule has 0 saturated heterocycles. The standard InChI is InChI=1S/C20H26N2O3S/c1-14(2)8-9-21-20(23)17-6-5-7-19(13-17)26(24,25)22-18-11-15(3)10-16(4)12-18/h5-7,10-14,22H,8-9H2,1-4H3,(H,21,23). The fourth-order valence-corrected chi connectivity index (χ4v) is 3.71. The number of sulfonamides is 1. The van der Waals surface area contributed by atoms with Gasteiger partial charge in [-0.25, -0.2) is 8.42 Å². The molecule has 2 N–H and O–H groups in total. The molecule has 0 spiro atoms. The summed E-state index contributed by atoms with van der Waals surface area (Å²) in [5.41, 5.74) is 2.79. The Labute approximate surface area is 155 Å². The number of anilines is 1. The number of benzene rings is 2. The van der Waals surface area contributed by atoms with Gasteiger partial charge in [0.15, 0.2) is 0 Å². The Morgan fingerprint density at radius 1 is 1.04 bits per heavy atom. The van der Waals surface area contributed by atoms with Crippen molar-refractivity contribution in [1.29, 1.82) is 0 Å². The lowest BCUT2D eigenvalue weighted by Gasteiger charge is -2.11. The number of rotatable bonds is 7. The average molecular weight is 375 g/mol. The van der Waals surface area contributed by atoms with Gasteiger partial charge in [0.1, 0.15) is 0 Å². The van der Waals surface area contributed by atoms with Crippen LogP contribution >= 0.6 is 0 Å². The normalized spacial score (nSPS) is 11.4. The second-order valence-corrected chi connectivity index (χ2v) is 8.63. The molecule has 0 heterocycles. The van der Waals surface area contributed by atoms with Gasteiger partial charge in [-0.1, -0.05) is 26.0 Å². The number of amides is 1. The molecule has 0 atom stereocenters. The van der Waals surface area contributed by atoms with Gasteiger partial charge in [-0.3, -0.25) is 9.52 Å². The molecule has 6 heteroatoms. The lowest BCUT2D eigenvalue weighted by Crippen LogP contribution is -2.25. The smallest absolute Gasteiger partial charge is 0.261 e. The Morgan fingerprint density at radius 3 is 2.31 bits per heavy atom. The first-order valence-corrected chi connectivity index (χ1v) is 10.1. The molecule has 2 rings (SSSR count). The lowest BCUT2D eigenvalue weighted by molar-refractivity contribution is 0.0952. The maximum Gasteiger partial charge on any atom is 0.261 e. The first-order chi connectivity index (χ1) is 12.2. The summed E-state index contributed by atoms with van der Waals surface area (Å²) >= 11 is 0. The van der Waals surface area contributed by atoms with Crippen LogP contribution < -0.4 is 10.0 Å². The van der Waals surface area contributed by atoms with Crippen LogP contribution in [-0.4, -0.2) is 20.9 Å². The van der Waals surface area contributed by atoms with Crippen LogP contribution in [0.2, 0.25) is 0 Å². The van der Waals surface area contributed by atoms with Crippen LogP contribution in [0.3, 0.4) is 0 Å². The molecule has 0 bridgehead atoms. The van der Waals surface area contributed by atoms with Gasteiger partial charge < -0.3 is 5.32 Å². The maximum atomic E-state index is 12.7. The SMILES string of the molecule is Cc1cc(C)cc(NS(=O)(=O)c2cccc(C(=O)NCCC(C)C)c2)c1. The van der Waals surface area contributed by atoms with Crippen molar-refractivity contribution in [2.45, 2.75) is 39.0 Å². The summed E-state index contributed by atoms with van der Waals surface area (Å²) in [5, 5.41) is 2.82. The molecule has 0 saturated carbocycles. The minimum atomic E-state index is -3.77. The predicted octanol–water partition coefficient (Wildman–Crippen LogP) is 3.88. The van der Waals surface area contributed by atoms with E-state index in [1.54, 1.807) is 24.3 Å². The Hall–Kier alpha value is -2.34. The van der Waals surface area contributed by atoms with E-state index >= 15 is 0 Å². The van der Waals surface area contributed by atoms with Crippen LogP contribution in [0, 0.1) is 19.8 Å². The summed E-state index contributed by atoms with van der Waals surface area (Å²) in [5.74, 6) is 0.220. The topological polar surface area (TPSA) is 75.3 Å². The molecular weight excluding hydrogens is 348 g/mol. The Bertz CT molecular complexity index is 869. The molecule has 2 aromatic carbocycles. The highest BCUT2D eigenvalue weighted by atomic mass is 32.2. The molecule has 5 nitrogen and oxygen atoms in total. The zero-order valence-electron chi connectivity index (χ0n) is 15.7. The zero-order chi connectivity index (χ0) is 19.3. The van der Waals surface area contributed by atoms with E-state index in [0.717, 1.165) is 17.5 Å².